The summed E-state index contributed by atoms with van der Waals surface area (Å²) in [6.45, 7) is 7.13. The van der Waals surface area contributed by atoms with Crippen LogP contribution in [0.4, 0.5) is 0 Å². The maximum atomic E-state index is 2.45. The average Bonchev–Trinajstić information content (AvgIpc) is 2.39. The molecule has 2 aromatic carbocycles. The topological polar surface area (TPSA) is 0 Å². The fourth-order valence-corrected chi connectivity index (χ4v) is 5.29. The van der Waals surface area contributed by atoms with Gasteiger partial charge in [0.05, 0.1) is 30.2 Å². The fraction of sp³-hybridized carbons (Fsp3) is 0.250. The van der Waals surface area contributed by atoms with E-state index in [1.54, 1.807) is 0 Å². The van der Waals surface area contributed by atoms with Crippen molar-refractivity contribution in [2.45, 2.75) is 19.5 Å². The molecule has 0 aliphatic carbocycles. The summed E-state index contributed by atoms with van der Waals surface area (Å²) in [5.41, 5.74) is 0.673. The quantitative estimate of drug-likeness (QED) is 0.730. The third kappa shape index (κ3) is 2.84. The molecule has 0 atom stereocenters. The second-order valence-corrected chi connectivity index (χ2v) is 9.06. The molecule has 0 heterocycles. The highest BCUT2D eigenvalue weighted by Crippen LogP contribution is 2.56. The predicted molar refractivity (Wildman–Crippen MR) is 80.1 cm³/mol. The van der Waals surface area contributed by atoms with E-state index in [4.69, 9.17) is 0 Å². The number of benzene rings is 2. The Labute approximate surface area is 122 Å². The van der Waals surface area contributed by atoms with Gasteiger partial charge in [0.2, 0.25) is 0 Å². The van der Waals surface area contributed by atoms with Crippen LogP contribution in [0.25, 0.3) is 0 Å². The molecule has 0 bridgehead atoms. The van der Waals surface area contributed by atoms with E-state index in [1.165, 1.54) is 10.6 Å². The van der Waals surface area contributed by atoms with Crippen LogP contribution >= 0.6 is 7.26 Å². The zero-order valence-corrected chi connectivity index (χ0v) is 13.7. The van der Waals surface area contributed by atoms with E-state index in [2.05, 4.69) is 81.2 Å². The number of hydrogen-bond acceptors (Lipinski definition) is 0. The van der Waals surface area contributed by atoms with Crippen molar-refractivity contribution < 1.29 is 17.0 Å². The fourth-order valence-electron chi connectivity index (χ4n) is 2.22. The van der Waals surface area contributed by atoms with Crippen molar-refractivity contribution in [3.05, 3.63) is 60.7 Å². The van der Waals surface area contributed by atoms with Gasteiger partial charge in [0, 0.05) is 0 Å². The Hall–Kier alpha value is -0.650. The molecular formula is C16H20BrP. The minimum absolute atomic E-state index is 0. The van der Waals surface area contributed by atoms with Gasteiger partial charge in [-0.25, -0.2) is 0 Å². The lowest BCUT2D eigenvalue weighted by molar-refractivity contribution is -0.00000354. The molecule has 0 amide bonds. The maximum Gasteiger partial charge on any atom is 0.0991 e. The Morgan fingerprint density at radius 3 is 1.33 bits per heavy atom. The smallest absolute Gasteiger partial charge is 0.0991 e. The van der Waals surface area contributed by atoms with Crippen molar-refractivity contribution in [1.29, 1.82) is 0 Å². The van der Waals surface area contributed by atoms with E-state index < -0.39 is 7.26 Å². The summed E-state index contributed by atoms with van der Waals surface area (Å²) in [6.07, 6.45) is 0. The first-order valence-electron chi connectivity index (χ1n) is 6.13. The van der Waals surface area contributed by atoms with Gasteiger partial charge < -0.3 is 17.0 Å². The largest absolute Gasteiger partial charge is 1.00 e. The summed E-state index contributed by atoms with van der Waals surface area (Å²) in [5.74, 6) is 0. The van der Waals surface area contributed by atoms with E-state index in [0.29, 0.717) is 5.66 Å². The third-order valence-corrected chi connectivity index (χ3v) is 8.43. The highest BCUT2D eigenvalue weighted by atomic mass is 79.9. The molecule has 0 N–H and O–H groups in total. The molecule has 0 aromatic heterocycles. The summed E-state index contributed by atoms with van der Waals surface area (Å²) in [5, 5.41) is 3.00. The van der Waals surface area contributed by atoms with Crippen LogP contribution in [0.5, 0.6) is 0 Å². The second-order valence-electron chi connectivity index (χ2n) is 4.84. The summed E-state index contributed by atoms with van der Waals surface area (Å²) >= 11 is 0. The SMILES string of the molecule is CC(C)[P+](C)(c1ccccc1)c1ccccc1.[Br-]. The van der Waals surface area contributed by atoms with E-state index in [1.807, 2.05) is 0 Å². The molecule has 0 spiro atoms. The van der Waals surface area contributed by atoms with Crippen LogP contribution in [0.1, 0.15) is 13.8 Å². The van der Waals surface area contributed by atoms with Gasteiger partial charge in [-0.15, -0.1) is 0 Å². The maximum absolute atomic E-state index is 2.45. The normalized spacial score (nSPS) is 11.1. The second kappa shape index (κ2) is 6.50. The molecular weight excluding hydrogens is 303 g/mol. The first-order chi connectivity index (χ1) is 8.15. The van der Waals surface area contributed by atoms with E-state index in [0.717, 1.165) is 0 Å². The van der Waals surface area contributed by atoms with Gasteiger partial charge in [-0.2, -0.15) is 0 Å². The van der Waals surface area contributed by atoms with Gasteiger partial charge in [-0.1, -0.05) is 36.4 Å². The van der Waals surface area contributed by atoms with Crippen molar-refractivity contribution in [2.24, 2.45) is 0 Å². The van der Waals surface area contributed by atoms with Crippen molar-refractivity contribution in [1.82, 2.24) is 0 Å². The summed E-state index contributed by atoms with van der Waals surface area (Å²) in [7, 11) is -1.25. The van der Waals surface area contributed by atoms with Crippen LogP contribution in [0.3, 0.4) is 0 Å². The molecule has 18 heavy (non-hydrogen) atoms. The average molecular weight is 323 g/mol. The van der Waals surface area contributed by atoms with Crippen LogP contribution in [0.15, 0.2) is 60.7 Å². The van der Waals surface area contributed by atoms with Crippen LogP contribution in [-0.4, -0.2) is 12.3 Å². The lowest BCUT2D eigenvalue weighted by Crippen LogP contribution is -3.00. The van der Waals surface area contributed by atoms with Crippen LogP contribution in [0, 0.1) is 0 Å². The number of halogens is 1. The minimum Gasteiger partial charge on any atom is -1.00 e. The number of hydrogen-bond donors (Lipinski definition) is 0. The summed E-state index contributed by atoms with van der Waals surface area (Å²) in [6, 6.07) is 21.9. The molecule has 0 aliphatic heterocycles. The molecule has 0 saturated carbocycles. The Morgan fingerprint density at radius 1 is 0.722 bits per heavy atom. The van der Waals surface area contributed by atoms with Gasteiger partial charge in [0.15, 0.2) is 0 Å². The van der Waals surface area contributed by atoms with Gasteiger partial charge in [0.25, 0.3) is 0 Å². The molecule has 0 unspecified atom stereocenters. The van der Waals surface area contributed by atoms with E-state index in [9.17, 15) is 0 Å². The third-order valence-electron chi connectivity index (χ3n) is 3.62. The lowest BCUT2D eigenvalue weighted by Gasteiger charge is -2.26. The Morgan fingerprint density at radius 2 is 1.06 bits per heavy atom. The zero-order chi connectivity index (χ0) is 12.3. The van der Waals surface area contributed by atoms with Gasteiger partial charge in [-0.05, 0) is 38.1 Å². The molecule has 0 fully saturated rings. The van der Waals surface area contributed by atoms with Crippen molar-refractivity contribution in [2.75, 3.05) is 6.66 Å². The molecule has 96 valence electrons. The first kappa shape index (κ1) is 15.4. The standard InChI is InChI=1S/C16H20P.BrH/c1-14(2)17(3,15-10-6-4-7-11-15)16-12-8-5-9-13-16;/h4-14H,1-3H3;1H/q+1;/p-1. The molecule has 0 nitrogen and oxygen atoms in total. The van der Waals surface area contributed by atoms with Crippen LogP contribution < -0.4 is 27.6 Å². The summed E-state index contributed by atoms with van der Waals surface area (Å²) < 4.78 is 0. The minimum atomic E-state index is -1.25. The first-order valence-corrected chi connectivity index (χ1v) is 8.43. The molecule has 2 heteroatoms. The van der Waals surface area contributed by atoms with Crippen molar-refractivity contribution in [3.8, 4) is 0 Å². The number of rotatable bonds is 3. The molecule has 0 aliphatic rings. The molecule has 0 radical (unpaired) electrons. The van der Waals surface area contributed by atoms with Crippen LogP contribution in [-0.2, 0) is 0 Å². The van der Waals surface area contributed by atoms with Crippen LogP contribution in [0.2, 0.25) is 0 Å². The zero-order valence-electron chi connectivity index (χ0n) is 11.2. The van der Waals surface area contributed by atoms with Crippen molar-refractivity contribution >= 4 is 17.9 Å². The molecule has 2 aromatic rings. The Kier molecular flexibility index (Phi) is 5.56. The highest BCUT2D eigenvalue weighted by Gasteiger charge is 2.40. The van der Waals surface area contributed by atoms with E-state index >= 15 is 0 Å². The van der Waals surface area contributed by atoms with Gasteiger partial charge >= 0.3 is 0 Å². The highest BCUT2D eigenvalue weighted by molar-refractivity contribution is 7.89. The van der Waals surface area contributed by atoms with Gasteiger partial charge in [-0.3, -0.25) is 0 Å². The molecule has 2 rings (SSSR count). The lowest BCUT2D eigenvalue weighted by atomic mass is 10.4. The Balaban J connectivity index is 0.00000162. The Bertz CT molecular complexity index is 425. The summed E-state index contributed by atoms with van der Waals surface area (Å²) in [4.78, 5) is 0. The molecule has 0 saturated heterocycles. The van der Waals surface area contributed by atoms with Gasteiger partial charge in [0.1, 0.15) is 0 Å². The predicted octanol–water partition coefficient (Wildman–Crippen LogP) is 0.697. The monoisotopic (exact) mass is 322 g/mol. The van der Waals surface area contributed by atoms with Crippen molar-refractivity contribution in [3.63, 3.8) is 0 Å². The van der Waals surface area contributed by atoms with E-state index in [-0.39, 0.29) is 17.0 Å².